The van der Waals surface area contributed by atoms with Gasteiger partial charge in [-0.05, 0) is 31.9 Å². The molecule has 1 fully saturated rings. The lowest BCUT2D eigenvalue weighted by atomic mass is 10.2. The van der Waals surface area contributed by atoms with E-state index in [9.17, 15) is 4.79 Å². The van der Waals surface area contributed by atoms with Crippen LogP contribution in [0.3, 0.4) is 0 Å². The highest BCUT2D eigenvalue weighted by Gasteiger charge is 2.40. The summed E-state index contributed by atoms with van der Waals surface area (Å²) >= 11 is 1.50. The van der Waals surface area contributed by atoms with Gasteiger partial charge in [0.05, 0.1) is 13.2 Å². The fourth-order valence-corrected chi connectivity index (χ4v) is 3.66. The van der Waals surface area contributed by atoms with E-state index in [4.69, 9.17) is 4.74 Å². The quantitative estimate of drug-likeness (QED) is 0.564. The Morgan fingerprint density at radius 2 is 2.14 bits per heavy atom. The highest BCUT2D eigenvalue weighted by Crippen LogP contribution is 2.46. The van der Waals surface area contributed by atoms with E-state index in [0.717, 1.165) is 27.7 Å². The van der Waals surface area contributed by atoms with Crippen molar-refractivity contribution in [3.05, 3.63) is 51.4 Å². The molecule has 9 heteroatoms. The topological polar surface area (TPSA) is 103 Å². The van der Waals surface area contributed by atoms with Gasteiger partial charge in [-0.3, -0.25) is 9.78 Å². The first kappa shape index (κ1) is 19.4. The molecule has 150 valence electrons. The zero-order chi connectivity index (χ0) is 20.4. The van der Waals surface area contributed by atoms with Gasteiger partial charge in [0.1, 0.15) is 15.7 Å². The molecule has 1 aliphatic carbocycles. The molecule has 3 heterocycles. The number of hydrogen-bond acceptors (Lipinski definition) is 9. The Morgan fingerprint density at radius 3 is 2.83 bits per heavy atom. The molecule has 2 atom stereocenters. The first-order valence-electron chi connectivity index (χ1n) is 9.46. The molecule has 0 aromatic carbocycles. The molecule has 3 aromatic heterocycles. The largest absolute Gasteiger partial charge is 0.477 e. The SMILES string of the molecule is CC(=O)c1cc(OC[C@H]2C[C@@H]2c2ccc(C)cn2)nc(NCc2nnc(C)s2)n1. The zero-order valence-electron chi connectivity index (χ0n) is 16.5. The van der Waals surface area contributed by atoms with E-state index < -0.39 is 0 Å². The molecule has 0 aliphatic heterocycles. The number of hydrogen-bond donors (Lipinski definition) is 1. The molecule has 0 spiro atoms. The number of ketones is 1. The van der Waals surface area contributed by atoms with Crippen molar-refractivity contribution < 1.29 is 9.53 Å². The van der Waals surface area contributed by atoms with Gasteiger partial charge >= 0.3 is 0 Å². The summed E-state index contributed by atoms with van der Waals surface area (Å²) in [6.07, 6.45) is 2.94. The monoisotopic (exact) mass is 410 g/mol. The molecule has 4 rings (SSSR count). The molecule has 8 nitrogen and oxygen atoms in total. The minimum atomic E-state index is -0.139. The van der Waals surface area contributed by atoms with E-state index in [2.05, 4.69) is 42.6 Å². The Bertz CT molecular complexity index is 1020. The Kier molecular flexibility index (Phi) is 5.48. The Hall–Kier alpha value is -2.94. The highest BCUT2D eigenvalue weighted by atomic mass is 32.1. The van der Waals surface area contributed by atoms with Crippen molar-refractivity contribution in [2.75, 3.05) is 11.9 Å². The molecule has 1 saturated carbocycles. The smallest absolute Gasteiger partial charge is 0.227 e. The van der Waals surface area contributed by atoms with Crippen LogP contribution in [0.25, 0.3) is 0 Å². The molecule has 0 radical (unpaired) electrons. The van der Waals surface area contributed by atoms with Crippen LogP contribution in [0.2, 0.25) is 0 Å². The second kappa shape index (κ2) is 8.20. The summed E-state index contributed by atoms with van der Waals surface area (Å²) in [5, 5.41) is 12.9. The summed E-state index contributed by atoms with van der Waals surface area (Å²) in [5.74, 6) is 1.42. The van der Waals surface area contributed by atoms with Crippen molar-refractivity contribution >= 4 is 23.1 Å². The van der Waals surface area contributed by atoms with Crippen LogP contribution in [-0.4, -0.2) is 37.5 Å². The number of Topliss-reactive ketones (excluding diaryl/α,β-unsaturated/α-hetero) is 1. The predicted molar refractivity (Wildman–Crippen MR) is 109 cm³/mol. The standard InChI is InChI=1S/C20H22N6O2S/c1-11-4-5-16(21-8-11)15-6-14(15)10-28-18-7-17(12(2)27)23-20(24-18)22-9-19-26-25-13(3)29-19/h4-5,7-8,14-15H,6,9-10H2,1-3H3,(H,22,23,24)/t14-,15+/m1/s1. The highest BCUT2D eigenvalue weighted by molar-refractivity contribution is 7.11. The van der Waals surface area contributed by atoms with Crippen LogP contribution in [-0.2, 0) is 6.54 Å². The predicted octanol–water partition coefficient (Wildman–Crippen LogP) is 3.34. The van der Waals surface area contributed by atoms with Crippen molar-refractivity contribution in [2.45, 2.75) is 39.7 Å². The molecule has 0 amide bonds. The van der Waals surface area contributed by atoms with E-state index in [1.165, 1.54) is 18.3 Å². The Morgan fingerprint density at radius 1 is 1.28 bits per heavy atom. The van der Waals surface area contributed by atoms with Crippen molar-refractivity contribution in [2.24, 2.45) is 5.92 Å². The van der Waals surface area contributed by atoms with Gasteiger partial charge in [-0.15, -0.1) is 10.2 Å². The Labute approximate surface area is 172 Å². The maximum atomic E-state index is 11.8. The number of aromatic nitrogens is 5. The molecule has 0 bridgehead atoms. The minimum absolute atomic E-state index is 0.139. The van der Waals surface area contributed by atoms with E-state index in [1.807, 2.05) is 20.0 Å². The van der Waals surface area contributed by atoms with Gasteiger partial charge in [0, 0.05) is 36.7 Å². The van der Waals surface area contributed by atoms with Crippen LogP contribution in [0.1, 0.15) is 51.0 Å². The van der Waals surface area contributed by atoms with Crippen molar-refractivity contribution in [1.29, 1.82) is 0 Å². The lowest BCUT2D eigenvalue weighted by Crippen LogP contribution is -2.10. The number of carbonyl (C=O) groups is 1. The maximum absolute atomic E-state index is 11.8. The third-order valence-corrected chi connectivity index (χ3v) is 5.55. The molecule has 1 N–H and O–H groups in total. The molecular weight excluding hydrogens is 388 g/mol. The summed E-state index contributed by atoms with van der Waals surface area (Å²) in [6, 6.07) is 5.75. The maximum Gasteiger partial charge on any atom is 0.227 e. The number of aryl methyl sites for hydroxylation is 2. The third kappa shape index (κ3) is 4.92. The van der Waals surface area contributed by atoms with Crippen LogP contribution in [0, 0.1) is 19.8 Å². The third-order valence-electron chi connectivity index (χ3n) is 4.71. The average Bonchev–Trinajstić information content (AvgIpc) is 3.37. The number of anilines is 1. The number of carbonyl (C=O) groups excluding carboxylic acids is 1. The number of nitrogens with one attached hydrogen (secondary N) is 1. The van der Waals surface area contributed by atoms with Crippen molar-refractivity contribution in [3.63, 3.8) is 0 Å². The molecule has 0 saturated heterocycles. The number of ether oxygens (including phenoxy) is 1. The van der Waals surface area contributed by atoms with Crippen LogP contribution < -0.4 is 10.1 Å². The lowest BCUT2D eigenvalue weighted by molar-refractivity contribution is 0.101. The van der Waals surface area contributed by atoms with Gasteiger partial charge in [-0.2, -0.15) is 4.98 Å². The summed E-state index contributed by atoms with van der Waals surface area (Å²) in [6.45, 7) is 6.38. The van der Waals surface area contributed by atoms with Gasteiger partial charge in [0.25, 0.3) is 0 Å². The van der Waals surface area contributed by atoms with Crippen molar-refractivity contribution in [1.82, 2.24) is 25.1 Å². The first-order valence-corrected chi connectivity index (χ1v) is 10.3. The van der Waals surface area contributed by atoms with Gasteiger partial charge < -0.3 is 10.1 Å². The van der Waals surface area contributed by atoms with Crippen LogP contribution in [0.15, 0.2) is 24.4 Å². The van der Waals surface area contributed by atoms with E-state index >= 15 is 0 Å². The van der Waals surface area contributed by atoms with Crippen LogP contribution in [0.4, 0.5) is 5.95 Å². The summed E-state index contributed by atoms with van der Waals surface area (Å²) in [4.78, 5) is 25.0. The number of rotatable bonds is 8. The molecule has 29 heavy (non-hydrogen) atoms. The Balaban J connectivity index is 1.39. The van der Waals surface area contributed by atoms with E-state index in [-0.39, 0.29) is 5.78 Å². The normalized spacial score (nSPS) is 17.8. The minimum Gasteiger partial charge on any atom is -0.477 e. The number of nitrogens with zero attached hydrogens (tertiary/aromatic N) is 5. The first-order chi connectivity index (χ1) is 14.0. The van der Waals surface area contributed by atoms with Gasteiger partial charge in [-0.25, -0.2) is 4.98 Å². The molecule has 0 unspecified atom stereocenters. The summed E-state index contributed by atoms with van der Waals surface area (Å²) in [7, 11) is 0. The van der Waals surface area contributed by atoms with Gasteiger partial charge in [0.2, 0.25) is 11.8 Å². The second-order valence-electron chi connectivity index (χ2n) is 7.21. The van der Waals surface area contributed by atoms with E-state index in [0.29, 0.717) is 42.5 Å². The van der Waals surface area contributed by atoms with Gasteiger partial charge in [-0.1, -0.05) is 17.4 Å². The van der Waals surface area contributed by atoms with Gasteiger partial charge in [0.15, 0.2) is 5.78 Å². The number of pyridine rings is 1. The summed E-state index contributed by atoms with van der Waals surface area (Å²) in [5.41, 5.74) is 2.58. The second-order valence-corrected chi connectivity index (χ2v) is 8.48. The lowest BCUT2D eigenvalue weighted by Gasteiger charge is -2.09. The van der Waals surface area contributed by atoms with Crippen molar-refractivity contribution in [3.8, 4) is 5.88 Å². The molecule has 1 aliphatic rings. The fraction of sp³-hybridized carbons (Fsp3) is 0.400. The summed E-state index contributed by atoms with van der Waals surface area (Å²) < 4.78 is 5.90. The molecular formula is C20H22N6O2S. The zero-order valence-corrected chi connectivity index (χ0v) is 17.4. The fourth-order valence-electron chi connectivity index (χ4n) is 3.01. The average molecular weight is 411 g/mol. The van der Waals surface area contributed by atoms with Crippen LogP contribution in [0.5, 0.6) is 5.88 Å². The van der Waals surface area contributed by atoms with Crippen LogP contribution >= 0.6 is 11.3 Å². The van der Waals surface area contributed by atoms with E-state index in [1.54, 1.807) is 6.07 Å². The molecule has 3 aromatic rings.